The molecule has 196 valence electrons. The number of methoxy groups -OCH3 is 1. The highest BCUT2D eigenvalue weighted by molar-refractivity contribution is 5.89. The number of halogens is 8. The maximum Gasteiger partial charge on any atom is 0.434 e. The Morgan fingerprint density at radius 2 is 1.50 bits per heavy atom. The van der Waals surface area contributed by atoms with Crippen LogP contribution in [-0.2, 0) is 38.1 Å². The lowest BCUT2D eigenvalue weighted by atomic mass is 9.98. The molecule has 0 aromatic rings. The van der Waals surface area contributed by atoms with Gasteiger partial charge < -0.3 is 23.7 Å². The predicted octanol–water partition coefficient (Wildman–Crippen LogP) is 2.91. The summed E-state index contributed by atoms with van der Waals surface area (Å²) >= 11 is 0. The van der Waals surface area contributed by atoms with Crippen LogP contribution in [0.15, 0.2) is 24.8 Å². The van der Waals surface area contributed by atoms with Crippen LogP contribution in [0.4, 0.5) is 35.1 Å². The Bertz CT molecular complexity index is 748. The summed E-state index contributed by atoms with van der Waals surface area (Å²) in [7, 11) is 0.745. The Labute approximate surface area is 187 Å². The molecular formula is C18H20F8O8. The second-order valence-corrected chi connectivity index (χ2v) is 6.56. The van der Waals surface area contributed by atoms with Gasteiger partial charge in [-0.3, -0.25) is 0 Å². The molecule has 34 heavy (non-hydrogen) atoms. The topological polar surface area (TPSA) is 97.4 Å². The molecule has 0 aliphatic rings. The lowest BCUT2D eigenvalue weighted by molar-refractivity contribution is -0.322. The second-order valence-electron chi connectivity index (χ2n) is 6.56. The van der Waals surface area contributed by atoms with Crippen molar-refractivity contribution in [1.29, 1.82) is 0 Å². The summed E-state index contributed by atoms with van der Waals surface area (Å²) in [6.07, 6.45) is -16.1. The molecule has 0 fully saturated rings. The van der Waals surface area contributed by atoms with Gasteiger partial charge in [-0.15, -0.1) is 6.58 Å². The Hall–Kier alpha value is -2.75. The molecule has 0 aliphatic heterocycles. The van der Waals surface area contributed by atoms with Crippen molar-refractivity contribution >= 4 is 17.9 Å². The van der Waals surface area contributed by atoms with Gasteiger partial charge in [0.1, 0.15) is 0 Å². The normalized spacial score (nSPS) is 14.2. The largest absolute Gasteiger partial charge is 0.450 e. The smallest absolute Gasteiger partial charge is 0.434 e. The minimum absolute atomic E-state index is 0.0262. The van der Waals surface area contributed by atoms with Gasteiger partial charge in [0.05, 0.1) is 25.4 Å². The lowest BCUT2D eigenvalue weighted by Crippen LogP contribution is -2.59. The summed E-state index contributed by atoms with van der Waals surface area (Å²) in [5.74, 6) is -11.6. The Balaban J connectivity index is 5.46. The Morgan fingerprint density at radius 1 is 0.971 bits per heavy atom. The van der Waals surface area contributed by atoms with Gasteiger partial charge >= 0.3 is 36.2 Å². The van der Waals surface area contributed by atoms with Crippen molar-refractivity contribution in [3.05, 3.63) is 24.8 Å². The van der Waals surface area contributed by atoms with Crippen molar-refractivity contribution in [2.75, 3.05) is 33.5 Å². The van der Waals surface area contributed by atoms with Crippen LogP contribution >= 0.6 is 0 Å². The summed E-state index contributed by atoms with van der Waals surface area (Å²) in [5.41, 5.74) is -3.78. The van der Waals surface area contributed by atoms with E-state index in [1.54, 1.807) is 0 Å². The maximum atomic E-state index is 14.5. The number of alkyl halides is 8. The number of carbonyl (C=O) groups excluding carboxylic acids is 3. The third-order valence-corrected chi connectivity index (χ3v) is 3.62. The molecule has 0 saturated carbocycles. The van der Waals surface area contributed by atoms with Gasteiger partial charge in [-0.05, 0) is 6.92 Å². The van der Waals surface area contributed by atoms with E-state index in [4.69, 9.17) is 4.74 Å². The van der Waals surface area contributed by atoms with E-state index >= 15 is 0 Å². The highest BCUT2D eigenvalue weighted by atomic mass is 19.4. The fraction of sp³-hybridized carbons (Fsp3) is 0.611. The number of hydrogen-bond acceptors (Lipinski definition) is 8. The first-order valence-electron chi connectivity index (χ1n) is 8.80. The summed E-state index contributed by atoms with van der Waals surface area (Å²) < 4.78 is 125. The highest BCUT2D eigenvalue weighted by Crippen LogP contribution is 2.40. The van der Waals surface area contributed by atoms with Gasteiger partial charge in [0.25, 0.3) is 6.10 Å². The molecule has 0 saturated heterocycles. The van der Waals surface area contributed by atoms with Crippen molar-refractivity contribution in [2.24, 2.45) is 0 Å². The zero-order valence-corrected chi connectivity index (χ0v) is 17.7. The molecule has 0 spiro atoms. The molecule has 1 unspecified atom stereocenters. The van der Waals surface area contributed by atoms with Crippen LogP contribution in [-0.4, -0.2) is 81.4 Å². The summed E-state index contributed by atoms with van der Waals surface area (Å²) in [4.78, 5) is 35.1. The molecule has 0 rings (SSSR count). The van der Waals surface area contributed by atoms with E-state index in [0.717, 1.165) is 7.11 Å². The molecule has 0 bridgehead atoms. The minimum Gasteiger partial charge on any atom is -0.450 e. The maximum absolute atomic E-state index is 14.5. The van der Waals surface area contributed by atoms with Gasteiger partial charge in [-0.25, -0.2) is 14.4 Å². The van der Waals surface area contributed by atoms with E-state index in [1.165, 1.54) is 6.08 Å². The molecule has 0 N–H and O–H groups in total. The highest BCUT2D eigenvalue weighted by Gasteiger charge is 2.66. The van der Waals surface area contributed by atoms with Crippen LogP contribution < -0.4 is 0 Å². The van der Waals surface area contributed by atoms with E-state index in [1.807, 2.05) is 0 Å². The van der Waals surface area contributed by atoms with E-state index in [0.29, 0.717) is 0 Å². The zero-order chi connectivity index (χ0) is 27.0. The SMILES string of the molecule is C=CCOCC(=C)C(=O)OCC(=O)OC(C)(COC)C(F)(F)C(=O)OC(C(F)(F)F)C(F)(F)F. The molecule has 0 aromatic heterocycles. The average molecular weight is 516 g/mol. The monoisotopic (exact) mass is 516 g/mol. The van der Waals surface area contributed by atoms with Gasteiger partial charge in [-0.2, -0.15) is 35.1 Å². The van der Waals surface area contributed by atoms with E-state index in [2.05, 4.69) is 32.1 Å². The minimum atomic E-state index is -6.27. The number of esters is 3. The first-order valence-corrected chi connectivity index (χ1v) is 8.80. The third kappa shape index (κ3) is 8.89. The van der Waals surface area contributed by atoms with Crippen molar-refractivity contribution in [3.63, 3.8) is 0 Å². The van der Waals surface area contributed by atoms with E-state index < -0.39 is 61.1 Å². The summed E-state index contributed by atoms with van der Waals surface area (Å²) in [6.45, 7) is 3.81. The molecular weight excluding hydrogens is 496 g/mol. The number of hydrogen-bond donors (Lipinski definition) is 0. The van der Waals surface area contributed by atoms with Crippen LogP contribution in [0.1, 0.15) is 6.92 Å². The van der Waals surface area contributed by atoms with Crippen molar-refractivity contribution < 1.29 is 73.2 Å². The van der Waals surface area contributed by atoms with Gasteiger partial charge in [0.2, 0.25) is 5.60 Å². The summed E-state index contributed by atoms with van der Waals surface area (Å²) in [6, 6.07) is 0. The molecule has 0 aliphatic carbocycles. The van der Waals surface area contributed by atoms with E-state index in [-0.39, 0.29) is 25.7 Å². The molecule has 0 heterocycles. The lowest BCUT2D eigenvalue weighted by Gasteiger charge is -2.35. The van der Waals surface area contributed by atoms with Gasteiger partial charge in [0.15, 0.2) is 6.61 Å². The fourth-order valence-corrected chi connectivity index (χ4v) is 2.01. The van der Waals surface area contributed by atoms with Crippen LogP contribution in [0.5, 0.6) is 0 Å². The molecule has 1 atom stereocenters. The van der Waals surface area contributed by atoms with Crippen LogP contribution in [0.3, 0.4) is 0 Å². The first-order chi connectivity index (χ1) is 15.3. The van der Waals surface area contributed by atoms with Crippen molar-refractivity contribution in [2.45, 2.75) is 36.9 Å². The van der Waals surface area contributed by atoms with Crippen molar-refractivity contribution in [1.82, 2.24) is 0 Å². The Kier molecular flexibility index (Phi) is 11.1. The van der Waals surface area contributed by atoms with Crippen LogP contribution in [0.25, 0.3) is 0 Å². The quantitative estimate of drug-likeness (QED) is 0.0921. The predicted molar refractivity (Wildman–Crippen MR) is 94.4 cm³/mol. The number of rotatable bonds is 13. The van der Waals surface area contributed by atoms with Crippen LogP contribution in [0, 0.1) is 0 Å². The number of carbonyl (C=O) groups is 3. The van der Waals surface area contributed by atoms with Crippen molar-refractivity contribution in [3.8, 4) is 0 Å². The molecule has 0 aromatic carbocycles. The molecule has 0 radical (unpaired) electrons. The fourth-order valence-electron chi connectivity index (χ4n) is 2.01. The average Bonchev–Trinajstić information content (AvgIpc) is 2.68. The third-order valence-electron chi connectivity index (χ3n) is 3.62. The van der Waals surface area contributed by atoms with Crippen LogP contribution in [0.2, 0.25) is 0 Å². The standard InChI is InChI=1S/C18H20F8O8/c1-5-6-31-7-10(2)12(28)32-8-11(27)34-15(3,9-30-4)16(19,20)14(29)33-13(17(21,22)23)18(24,25)26/h5,13H,1-2,6-9H2,3-4H3. The molecule has 16 heteroatoms. The Morgan fingerprint density at radius 3 is 1.94 bits per heavy atom. The summed E-state index contributed by atoms with van der Waals surface area (Å²) in [5, 5.41) is 0. The zero-order valence-electron chi connectivity index (χ0n) is 17.7. The van der Waals surface area contributed by atoms with Gasteiger partial charge in [-0.1, -0.05) is 12.7 Å². The van der Waals surface area contributed by atoms with E-state index in [9.17, 15) is 49.5 Å². The second kappa shape index (κ2) is 12.1. The molecule has 8 nitrogen and oxygen atoms in total. The number of ether oxygens (including phenoxy) is 5. The molecule has 0 amide bonds. The van der Waals surface area contributed by atoms with Gasteiger partial charge in [0, 0.05) is 7.11 Å². The first kappa shape index (κ1) is 31.2.